The highest BCUT2D eigenvalue weighted by Crippen LogP contribution is 1.94. The lowest BCUT2D eigenvalue weighted by atomic mass is 10.3. The molecule has 0 aliphatic rings. The molecule has 0 bridgehead atoms. The quantitative estimate of drug-likeness (QED) is 0.558. The van der Waals surface area contributed by atoms with Crippen molar-refractivity contribution >= 4 is 10.0 Å². The normalized spacial score (nSPS) is 11.8. The molecule has 1 heterocycles. The standard InChI is InChI=1S/C7H13N3O2S/c8-13(11,12)4-3-10-6-7-1-2-9-5-7/h1-2,5,9-10H,3-4,6H2,(H2,8,11,12). The largest absolute Gasteiger partial charge is 0.367 e. The molecule has 0 radical (unpaired) electrons. The predicted molar refractivity (Wildman–Crippen MR) is 50.5 cm³/mol. The Hall–Kier alpha value is -0.850. The summed E-state index contributed by atoms with van der Waals surface area (Å²) in [4.78, 5) is 2.90. The Morgan fingerprint density at radius 2 is 2.31 bits per heavy atom. The van der Waals surface area contributed by atoms with Gasteiger partial charge >= 0.3 is 0 Å². The van der Waals surface area contributed by atoms with Crippen molar-refractivity contribution in [1.29, 1.82) is 0 Å². The second-order valence-corrected chi connectivity index (χ2v) is 4.50. The van der Waals surface area contributed by atoms with Gasteiger partial charge < -0.3 is 10.3 Å². The van der Waals surface area contributed by atoms with Gasteiger partial charge in [-0.05, 0) is 11.6 Å². The predicted octanol–water partition coefficient (Wildman–Crippen LogP) is -0.607. The number of hydrogen-bond donors (Lipinski definition) is 3. The summed E-state index contributed by atoms with van der Waals surface area (Å²) in [6, 6.07) is 1.92. The van der Waals surface area contributed by atoms with E-state index in [2.05, 4.69) is 10.3 Å². The molecule has 0 aliphatic heterocycles. The summed E-state index contributed by atoms with van der Waals surface area (Å²) < 4.78 is 21.0. The van der Waals surface area contributed by atoms with Gasteiger partial charge in [-0.2, -0.15) is 0 Å². The van der Waals surface area contributed by atoms with Crippen molar-refractivity contribution in [3.05, 3.63) is 24.0 Å². The molecular weight excluding hydrogens is 190 g/mol. The van der Waals surface area contributed by atoms with E-state index in [1.54, 1.807) is 0 Å². The highest BCUT2D eigenvalue weighted by atomic mass is 32.2. The molecule has 0 spiro atoms. The van der Waals surface area contributed by atoms with Gasteiger partial charge in [-0.15, -0.1) is 0 Å². The molecule has 1 aromatic rings. The van der Waals surface area contributed by atoms with Crippen LogP contribution in [0.2, 0.25) is 0 Å². The molecule has 13 heavy (non-hydrogen) atoms. The SMILES string of the molecule is NS(=O)(=O)CCNCc1cc[nH]c1. The second kappa shape index (κ2) is 4.40. The van der Waals surface area contributed by atoms with E-state index in [0.29, 0.717) is 13.1 Å². The third-order valence-corrected chi connectivity index (χ3v) is 2.33. The van der Waals surface area contributed by atoms with E-state index >= 15 is 0 Å². The van der Waals surface area contributed by atoms with Crippen LogP contribution < -0.4 is 10.5 Å². The van der Waals surface area contributed by atoms with Crippen molar-refractivity contribution in [1.82, 2.24) is 10.3 Å². The molecule has 0 saturated heterocycles. The molecular formula is C7H13N3O2S. The summed E-state index contributed by atoms with van der Waals surface area (Å²) in [7, 11) is -3.34. The van der Waals surface area contributed by atoms with E-state index in [1.807, 2.05) is 18.5 Å². The van der Waals surface area contributed by atoms with Crippen molar-refractivity contribution in [2.24, 2.45) is 5.14 Å². The van der Waals surface area contributed by atoms with Crippen LogP contribution >= 0.6 is 0 Å². The number of aromatic nitrogens is 1. The van der Waals surface area contributed by atoms with E-state index in [-0.39, 0.29) is 5.75 Å². The molecule has 0 fully saturated rings. The average molecular weight is 203 g/mol. The molecule has 0 aromatic carbocycles. The van der Waals surface area contributed by atoms with Gasteiger partial charge in [-0.3, -0.25) is 0 Å². The van der Waals surface area contributed by atoms with Gasteiger partial charge in [0.05, 0.1) is 5.75 Å². The molecule has 4 N–H and O–H groups in total. The molecule has 1 rings (SSSR count). The number of H-pyrrole nitrogens is 1. The first-order valence-corrected chi connectivity index (χ1v) is 5.62. The Morgan fingerprint density at radius 3 is 2.85 bits per heavy atom. The number of nitrogens with one attached hydrogen (secondary N) is 2. The minimum absolute atomic E-state index is 0.0303. The molecule has 74 valence electrons. The third kappa shape index (κ3) is 4.66. The molecule has 0 aliphatic carbocycles. The topological polar surface area (TPSA) is 88.0 Å². The van der Waals surface area contributed by atoms with Crippen LogP contribution in [0.1, 0.15) is 5.56 Å². The van der Waals surface area contributed by atoms with Crippen molar-refractivity contribution in [2.75, 3.05) is 12.3 Å². The average Bonchev–Trinajstić information content (AvgIpc) is 2.48. The van der Waals surface area contributed by atoms with Crippen LogP contribution in [-0.4, -0.2) is 25.7 Å². The van der Waals surface area contributed by atoms with E-state index in [1.165, 1.54) is 0 Å². The van der Waals surface area contributed by atoms with Crippen LogP contribution in [0.25, 0.3) is 0 Å². The van der Waals surface area contributed by atoms with E-state index < -0.39 is 10.0 Å². The summed E-state index contributed by atoms with van der Waals surface area (Å²) in [5.74, 6) is -0.0303. The van der Waals surface area contributed by atoms with Gasteiger partial charge in [0.1, 0.15) is 0 Å². The molecule has 5 nitrogen and oxygen atoms in total. The fourth-order valence-corrected chi connectivity index (χ4v) is 1.34. The Bertz CT molecular complexity index is 331. The maximum atomic E-state index is 10.5. The summed E-state index contributed by atoms with van der Waals surface area (Å²) in [6.07, 6.45) is 3.67. The first-order chi connectivity index (χ1) is 6.08. The van der Waals surface area contributed by atoms with E-state index in [9.17, 15) is 8.42 Å². The lowest BCUT2D eigenvalue weighted by molar-refractivity contribution is 0.592. The van der Waals surface area contributed by atoms with Gasteiger partial charge in [-0.25, -0.2) is 13.6 Å². The van der Waals surface area contributed by atoms with Crippen LogP contribution in [0.3, 0.4) is 0 Å². The molecule has 0 saturated carbocycles. The van der Waals surface area contributed by atoms with Gasteiger partial charge in [0.2, 0.25) is 10.0 Å². The summed E-state index contributed by atoms with van der Waals surface area (Å²) in [5, 5.41) is 7.79. The zero-order valence-corrected chi connectivity index (χ0v) is 7.97. The van der Waals surface area contributed by atoms with E-state index in [0.717, 1.165) is 5.56 Å². The maximum Gasteiger partial charge on any atom is 0.210 e. The van der Waals surface area contributed by atoms with Crippen LogP contribution in [0.4, 0.5) is 0 Å². The third-order valence-electron chi connectivity index (χ3n) is 1.55. The fraction of sp³-hybridized carbons (Fsp3) is 0.429. The van der Waals surface area contributed by atoms with Gasteiger partial charge in [0.15, 0.2) is 0 Å². The Kier molecular flexibility index (Phi) is 3.47. The van der Waals surface area contributed by atoms with Gasteiger partial charge in [0.25, 0.3) is 0 Å². The summed E-state index contributed by atoms with van der Waals surface area (Å²) >= 11 is 0. The Balaban J connectivity index is 2.16. The smallest absolute Gasteiger partial charge is 0.210 e. The first-order valence-electron chi connectivity index (χ1n) is 3.91. The first kappa shape index (κ1) is 10.2. The molecule has 0 unspecified atom stereocenters. The van der Waals surface area contributed by atoms with Gasteiger partial charge in [-0.1, -0.05) is 0 Å². The van der Waals surface area contributed by atoms with Crippen LogP contribution in [0.5, 0.6) is 0 Å². The zero-order chi connectivity index (χ0) is 9.73. The number of primary sulfonamides is 1. The zero-order valence-electron chi connectivity index (χ0n) is 7.16. The molecule has 0 atom stereocenters. The van der Waals surface area contributed by atoms with Crippen molar-refractivity contribution in [3.8, 4) is 0 Å². The highest BCUT2D eigenvalue weighted by Gasteiger charge is 2.00. The van der Waals surface area contributed by atoms with Crippen molar-refractivity contribution in [2.45, 2.75) is 6.54 Å². The lowest BCUT2D eigenvalue weighted by Crippen LogP contribution is -2.26. The summed E-state index contributed by atoms with van der Waals surface area (Å²) in [5.41, 5.74) is 1.09. The number of rotatable bonds is 5. The van der Waals surface area contributed by atoms with Crippen molar-refractivity contribution in [3.63, 3.8) is 0 Å². The Morgan fingerprint density at radius 1 is 1.54 bits per heavy atom. The molecule has 0 amide bonds. The number of sulfonamides is 1. The maximum absolute atomic E-state index is 10.5. The second-order valence-electron chi connectivity index (χ2n) is 2.76. The highest BCUT2D eigenvalue weighted by molar-refractivity contribution is 7.89. The monoisotopic (exact) mass is 203 g/mol. The van der Waals surface area contributed by atoms with Crippen molar-refractivity contribution < 1.29 is 8.42 Å². The molecule has 6 heteroatoms. The fourth-order valence-electron chi connectivity index (χ4n) is 0.916. The van der Waals surface area contributed by atoms with Crippen LogP contribution in [0.15, 0.2) is 18.5 Å². The Labute approximate surface area is 77.4 Å². The van der Waals surface area contributed by atoms with Gasteiger partial charge in [0, 0.05) is 25.5 Å². The van der Waals surface area contributed by atoms with Crippen LogP contribution in [0, 0.1) is 0 Å². The van der Waals surface area contributed by atoms with E-state index in [4.69, 9.17) is 5.14 Å². The summed E-state index contributed by atoms with van der Waals surface area (Å²) in [6.45, 7) is 1.03. The number of nitrogens with two attached hydrogens (primary N) is 1. The lowest BCUT2D eigenvalue weighted by Gasteiger charge is -2.00. The van der Waals surface area contributed by atoms with Crippen LogP contribution in [-0.2, 0) is 16.6 Å². The minimum Gasteiger partial charge on any atom is -0.367 e. The molecule has 1 aromatic heterocycles. The number of aromatic amines is 1. The minimum atomic E-state index is -3.34. The number of hydrogen-bond acceptors (Lipinski definition) is 3.